The Bertz CT molecular complexity index is 1010. The molecule has 4 rings (SSSR count). The van der Waals surface area contributed by atoms with E-state index >= 15 is 0 Å². The predicted octanol–water partition coefficient (Wildman–Crippen LogP) is 4.48. The zero-order valence-corrected chi connectivity index (χ0v) is 13.4. The largest absolute Gasteiger partial charge is 0.506 e. The number of pyridine rings is 2. The van der Waals surface area contributed by atoms with Gasteiger partial charge in [-0.05, 0) is 49.2 Å². The molecule has 0 fully saturated rings. The number of fused-ring (bicyclic) bond motifs is 2. The van der Waals surface area contributed by atoms with Crippen LogP contribution in [0.1, 0.15) is 11.1 Å². The number of hydrogen-bond acceptors (Lipinski definition) is 4. The Balaban J connectivity index is 2.05. The fraction of sp³-hybridized carbons (Fsp3) is 0.100. The van der Waals surface area contributed by atoms with Crippen molar-refractivity contribution in [3.8, 4) is 22.9 Å². The number of hydrogen-bond donors (Lipinski definition) is 2. The second-order valence-electron chi connectivity index (χ2n) is 6.01. The van der Waals surface area contributed by atoms with Gasteiger partial charge < -0.3 is 10.2 Å². The summed E-state index contributed by atoms with van der Waals surface area (Å²) in [5, 5.41) is 22.0. The first-order valence-corrected chi connectivity index (χ1v) is 7.73. The average molecular weight is 316 g/mol. The van der Waals surface area contributed by atoms with Gasteiger partial charge in [-0.15, -0.1) is 0 Å². The fourth-order valence-electron chi connectivity index (χ4n) is 3.06. The van der Waals surface area contributed by atoms with E-state index in [1.807, 2.05) is 38.1 Å². The molecule has 4 aromatic rings. The lowest BCUT2D eigenvalue weighted by atomic mass is 10.0. The summed E-state index contributed by atoms with van der Waals surface area (Å²) in [6, 6.07) is 14.7. The van der Waals surface area contributed by atoms with Crippen LogP contribution in [0.2, 0.25) is 0 Å². The second kappa shape index (κ2) is 5.20. The normalized spacial score (nSPS) is 11.2. The van der Waals surface area contributed by atoms with E-state index < -0.39 is 0 Å². The molecule has 0 saturated carbocycles. The van der Waals surface area contributed by atoms with Crippen molar-refractivity contribution in [2.75, 3.05) is 0 Å². The number of para-hydroxylation sites is 2. The maximum absolute atomic E-state index is 10.1. The van der Waals surface area contributed by atoms with Crippen molar-refractivity contribution in [1.82, 2.24) is 9.97 Å². The first-order chi connectivity index (χ1) is 11.5. The van der Waals surface area contributed by atoms with E-state index in [1.54, 1.807) is 24.3 Å². The molecule has 0 aliphatic carbocycles. The summed E-state index contributed by atoms with van der Waals surface area (Å²) in [5.74, 6) is 0.296. The number of aromatic hydroxyl groups is 2. The number of benzene rings is 2. The fourth-order valence-corrected chi connectivity index (χ4v) is 3.06. The number of rotatable bonds is 1. The molecule has 0 aliphatic rings. The van der Waals surface area contributed by atoms with Gasteiger partial charge in [0.1, 0.15) is 22.5 Å². The van der Waals surface area contributed by atoms with Crippen LogP contribution in [0.15, 0.2) is 48.5 Å². The van der Waals surface area contributed by atoms with E-state index in [2.05, 4.69) is 9.97 Å². The van der Waals surface area contributed by atoms with Crippen molar-refractivity contribution >= 4 is 21.8 Å². The highest BCUT2D eigenvalue weighted by molar-refractivity contribution is 5.90. The quantitative estimate of drug-likeness (QED) is 0.543. The van der Waals surface area contributed by atoms with Crippen LogP contribution in [0, 0.1) is 13.8 Å². The molecule has 2 heterocycles. The Morgan fingerprint density at radius 3 is 1.50 bits per heavy atom. The van der Waals surface area contributed by atoms with Gasteiger partial charge in [-0.3, -0.25) is 0 Å². The van der Waals surface area contributed by atoms with Crippen LogP contribution >= 0.6 is 0 Å². The standard InChI is InChI=1S/C20H16N2O2/c1-11-9-13-5-3-7-15(23)19(13)21-17(11)18-12(2)10-14-6-4-8-16(24)20(14)22-18/h3-10,23-24H,1-2H3. The molecule has 0 unspecified atom stereocenters. The Morgan fingerprint density at radius 1 is 0.667 bits per heavy atom. The van der Waals surface area contributed by atoms with E-state index in [-0.39, 0.29) is 11.5 Å². The van der Waals surface area contributed by atoms with Crippen molar-refractivity contribution < 1.29 is 10.2 Å². The van der Waals surface area contributed by atoms with Gasteiger partial charge in [0.25, 0.3) is 0 Å². The molecule has 0 aliphatic heterocycles. The summed E-state index contributed by atoms with van der Waals surface area (Å²) in [4.78, 5) is 9.30. The maximum Gasteiger partial charge on any atom is 0.141 e. The number of nitrogens with zero attached hydrogens (tertiary/aromatic N) is 2. The van der Waals surface area contributed by atoms with Crippen LogP contribution in [-0.2, 0) is 0 Å². The summed E-state index contributed by atoms with van der Waals surface area (Å²) in [6.07, 6.45) is 0. The molecule has 0 amide bonds. The summed E-state index contributed by atoms with van der Waals surface area (Å²) in [7, 11) is 0. The lowest BCUT2D eigenvalue weighted by Gasteiger charge is -2.12. The molecule has 0 spiro atoms. The van der Waals surface area contributed by atoms with Crippen LogP contribution < -0.4 is 0 Å². The van der Waals surface area contributed by atoms with Crippen LogP contribution in [0.5, 0.6) is 11.5 Å². The molecule has 24 heavy (non-hydrogen) atoms. The van der Waals surface area contributed by atoms with Crippen LogP contribution in [0.4, 0.5) is 0 Å². The average Bonchev–Trinajstić information content (AvgIpc) is 2.55. The third-order valence-electron chi connectivity index (χ3n) is 4.25. The predicted molar refractivity (Wildman–Crippen MR) is 95.3 cm³/mol. The molecule has 2 aromatic heterocycles. The van der Waals surface area contributed by atoms with Crippen LogP contribution in [0.25, 0.3) is 33.2 Å². The van der Waals surface area contributed by atoms with E-state index in [1.165, 1.54) is 0 Å². The summed E-state index contributed by atoms with van der Waals surface area (Å²) >= 11 is 0. The molecule has 0 bridgehead atoms. The smallest absolute Gasteiger partial charge is 0.141 e. The minimum atomic E-state index is 0.148. The lowest BCUT2D eigenvalue weighted by Crippen LogP contribution is -1.96. The highest BCUT2D eigenvalue weighted by Crippen LogP contribution is 2.32. The van der Waals surface area contributed by atoms with Gasteiger partial charge in [-0.1, -0.05) is 24.3 Å². The zero-order valence-electron chi connectivity index (χ0n) is 13.4. The summed E-state index contributed by atoms with van der Waals surface area (Å²) < 4.78 is 0. The molecule has 0 atom stereocenters. The zero-order chi connectivity index (χ0) is 16.8. The van der Waals surface area contributed by atoms with Gasteiger partial charge in [0.2, 0.25) is 0 Å². The second-order valence-corrected chi connectivity index (χ2v) is 6.01. The summed E-state index contributed by atoms with van der Waals surface area (Å²) in [6.45, 7) is 3.95. The monoisotopic (exact) mass is 316 g/mol. The molecule has 0 radical (unpaired) electrons. The molecule has 0 saturated heterocycles. The third kappa shape index (κ3) is 2.15. The molecular weight excluding hydrogens is 300 g/mol. The van der Waals surface area contributed by atoms with Gasteiger partial charge >= 0.3 is 0 Å². The number of phenols is 2. The number of phenolic OH excluding ortho intramolecular Hbond substituents is 2. The topological polar surface area (TPSA) is 66.2 Å². The Kier molecular flexibility index (Phi) is 3.13. The number of aromatic nitrogens is 2. The Hall–Kier alpha value is -3.14. The Morgan fingerprint density at radius 2 is 1.08 bits per heavy atom. The molecule has 2 N–H and O–H groups in total. The van der Waals surface area contributed by atoms with Gasteiger partial charge in [0, 0.05) is 10.8 Å². The van der Waals surface area contributed by atoms with Gasteiger partial charge in [-0.2, -0.15) is 0 Å². The van der Waals surface area contributed by atoms with E-state index in [0.717, 1.165) is 21.9 Å². The molecular formula is C20H16N2O2. The van der Waals surface area contributed by atoms with E-state index in [9.17, 15) is 10.2 Å². The van der Waals surface area contributed by atoms with E-state index in [0.29, 0.717) is 22.4 Å². The van der Waals surface area contributed by atoms with Crippen molar-refractivity contribution in [2.24, 2.45) is 0 Å². The minimum absolute atomic E-state index is 0.148. The molecule has 4 heteroatoms. The van der Waals surface area contributed by atoms with Gasteiger partial charge in [-0.25, -0.2) is 9.97 Å². The van der Waals surface area contributed by atoms with Crippen molar-refractivity contribution in [3.05, 3.63) is 59.7 Å². The number of aryl methyl sites for hydroxylation is 2. The highest BCUT2D eigenvalue weighted by Gasteiger charge is 2.14. The Labute approximate surface area is 139 Å². The van der Waals surface area contributed by atoms with Crippen molar-refractivity contribution in [1.29, 1.82) is 0 Å². The van der Waals surface area contributed by atoms with Crippen LogP contribution in [0.3, 0.4) is 0 Å². The van der Waals surface area contributed by atoms with Crippen molar-refractivity contribution in [2.45, 2.75) is 13.8 Å². The third-order valence-corrected chi connectivity index (χ3v) is 4.25. The van der Waals surface area contributed by atoms with Gasteiger partial charge in [0.15, 0.2) is 0 Å². The first-order valence-electron chi connectivity index (χ1n) is 7.73. The van der Waals surface area contributed by atoms with E-state index in [4.69, 9.17) is 0 Å². The van der Waals surface area contributed by atoms with Gasteiger partial charge in [0.05, 0.1) is 11.4 Å². The first kappa shape index (κ1) is 14.5. The molecule has 4 nitrogen and oxygen atoms in total. The highest BCUT2D eigenvalue weighted by atomic mass is 16.3. The SMILES string of the molecule is Cc1cc2cccc(O)c2nc1-c1nc2c(O)cccc2cc1C. The summed E-state index contributed by atoms with van der Waals surface area (Å²) in [5.41, 5.74) is 4.48. The maximum atomic E-state index is 10.1. The molecule has 2 aromatic carbocycles. The van der Waals surface area contributed by atoms with Crippen molar-refractivity contribution in [3.63, 3.8) is 0 Å². The minimum Gasteiger partial charge on any atom is -0.506 e. The molecule has 118 valence electrons. The van der Waals surface area contributed by atoms with Crippen LogP contribution in [-0.4, -0.2) is 20.2 Å². The lowest BCUT2D eigenvalue weighted by molar-refractivity contribution is 0.479.